The zero-order chi connectivity index (χ0) is 14.3. The smallest absolute Gasteiger partial charge is 0.411 e. The molecular weight excluding hydrogens is 254 g/mol. The minimum atomic E-state index is -0.894. The van der Waals surface area contributed by atoms with Crippen LogP contribution < -0.4 is 0 Å². The highest BCUT2D eigenvalue weighted by Gasteiger charge is 2.24. The van der Waals surface area contributed by atoms with Gasteiger partial charge in [0.2, 0.25) is 0 Å². The molecule has 1 aliphatic rings. The molecule has 2 aromatic rings. The van der Waals surface area contributed by atoms with Crippen molar-refractivity contribution in [2.75, 3.05) is 6.54 Å². The molecule has 2 heterocycles. The standard InChI is InChI=1S/C15H17N3O2/c1-10-3-6-14(18(8-10)15(19)20)11-4-5-13-12(7-11)9-17(2)16-13/h4-7,9-10H,3,8H2,1-2H3,(H,19,20)/t10-/m0/s1. The molecule has 1 N–H and O–H groups in total. The Morgan fingerprint density at radius 1 is 1.45 bits per heavy atom. The fourth-order valence-corrected chi connectivity index (χ4v) is 2.67. The summed E-state index contributed by atoms with van der Waals surface area (Å²) in [4.78, 5) is 12.9. The highest BCUT2D eigenvalue weighted by Crippen LogP contribution is 2.29. The summed E-state index contributed by atoms with van der Waals surface area (Å²) in [6.45, 7) is 2.61. The van der Waals surface area contributed by atoms with Gasteiger partial charge in [0.05, 0.1) is 11.2 Å². The number of aryl methyl sites for hydroxylation is 1. The molecule has 0 unspecified atom stereocenters. The molecular formula is C15H17N3O2. The van der Waals surface area contributed by atoms with Gasteiger partial charge >= 0.3 is 6.09 Å². The molecule has 5 nitrogen and oxygen atoms in total. The Kier molecular flexibility index (Phi) is 2.97. The van der Waals surface area contributed by atoms with E-state index in [1.54, 1.807) is 4.68 Å². The third-order valence-electron chi connectivity index (χ3n) is 3.64. The fraction of sp³-hybridized carbons (Fsp3) is 0.333. The molecule has 5 heteroatoms. The lowest BCUT2D eigenvalue weighted by Gasteiger charge is -2.30. The minimum Gasteiger partial charge on any atom is -0.465 e. The Morgan fingerprint density at radius 2 is 2.25 bits per heavy atom. The molecule has 20 heavy (non-hydrogen) atoms. The van der Waals surface area contributed by atoms with Crippen LogP contribution in [0.15, 0.2) is 30.5 Å². The van der Waals surface area contributed by atoms with E-state index in [1.165, 1.54) is 4.90 Å². The van der Waals surface area contributed by atoms with E-state index in [1.807, 2.05) is 37.5 Å². The maximum Gasteiger partial charge on any atom is 0.411 e. The Morgan fingerprint density at radius 3 is 3.00 bits per heavy atom. The summed E-state index contributed by atoms with van der Waals surface area (Å²) in [6, 6.07) is 5.87. The number of carbonyl (C=O) groups is 1. The summed E-state index contributed by atoms with van der Waals surface area (Å²) in [7, 11) is 1.88. The molecule has 0 radical (unpaired) electrons. The number of carboxylic acid groups (broad SMARTS) is 1. The van der Waals surface area contributed by atoms with Crippen molar-refractivity contribution in [2.24, 2.45) is 13.0 Å². The van der Waals surface area contributed by atoms with E-state index in [-0.39, 0.29) is 0 Å². The van der Waals surface area contributed by atoms with Crippen LogP contribution in [-0.4, -0.2) is 32.4 Å². The zero-order valence-electron chi connectivity index (χ0n) is 11.6. The van der Waals surface area contributed by atoms with Crippen LogP contribution in [0.25, 0.3) is 16.6 Å². The second-order valence-electron chi connectivity index (χ2n) is 5.40. The summed E-state index contributed by atoms with van der Waals surface area (Å²) >= 11 is 0. The van der Waals surface area contributed by atoms with Gasteiger partial charge in [0, 0.05) is 25.2 Å². The Hall–Kier alpha value is -2.30. The number of aromatic nitrogens is 2. The highest BCUT2D eigenvalue weighted by atomic mass is 16.4. The molecule has 0 saturated carbocycles. The molecule has 3 rings (SSSR count). The van der Waals surface area contributed by atoms with Gasteiger partial charge < -0.3 is 5.11 Å². The van der Waals surface area contributed by atoms with E-state index in [9.17, 15) is 9.90 Å². The maximum atomic E-state index is 11.4. The molecule has 1 atom stereocenters. The normalized spacial score (nSPS) is 19.2. The van der Waals surface area contributed by atoms with Crippen molar-refractivity contribution in [3.8, 4) is 0 Å². The molecule has 0 aliphatic carbocycles. The van der Waals surface area contributed by atoms with Gasteiger partial charge in [-0.3, -0.25) is 9.58 Å². The fourth-order valence-electron chi connectivity index (χ4n) is 2.67. The second-order valence-corrected chi connectivity index (χ2v) is 5.40. The SMILES string of the molecule is C[C@H]1CC=C(c2ccc3nn(C)cc3c2)N(C(=O)O)C1. The first-order chi connectivity index (χ1) is 9.54. The van der Waals surface area contributed by atoms with Gasteiger partial charge in [0.15, 0.2) is 0 Å². The predicted octanol–water partition coefficient (Wildman–Crippen LogP) is 2.93. The first-order valence-corrected chi connectivity index (χ1v) is 6.69. The summed E-state index contributed by atoms with van der Waals surface area (Å²) in [5, 5.41) is 14.7. The molecule has 1 aromatic heterocycles. The van der Waals surface area contributed by atoms with Gasteiger partial charge in [-0.25, -0.2) is 4.79 Å². The quantitative estimate of drug-likeness (QED) is 0.867. The predicted molar refractivity (Wildman–Crippen MR) is 77.2 cm³/mol. The van der Waals surface area contributed by atoms with Crippen molar-refractivity contribution in [3.63, 3.8) is 0 Å². The van der Waals surface area contributed by atoms with E-state index in [4.69, 9.17) is 0 Å². The highest BCUT2D eigenvalue weighted by molar-refractivity contribution is 5.87. The van der Waals surface area contributed by atoms with Gasteiger partial charge in [-0.15, -0.1) is 0 Å². The first-order valence-electron chi connectivity index (χ1n) is 6.69. The Bertz CT molecular complexity index is 702. The summed E-state index contributed by atoms with van der Waals surface area (Å²) < 4.78 is 1.76. The molecule has 0 spiro atoms. The molecule has 0 fully saturated rings. The number of hydrogen-bond acceptors (Lipinski definition) is 2. The monoisotopic (exact) mass is 271 g/mol. The van der Waals surface area contributed by atoms with E-state index in [0.29, 0.717) is 12.5 Å². The van der Waals surface area contributed by atoms with Crippen molar-refractivity contribution in [1.82, 2.24) is 14.7 Å². The largest absolute Gasteiger partial charge is 0.465 e. The lowest BCUT2D eigenvalue weighted by Crippen LogP contribution is -2.34. The topological polar surface area (TPSA) is 58.4 Å². The van der Waals surface area contributed by atoms with Crippen LogP contribution in [0.5, 0.6) is 0 Å². The van der Waals surface area contributed by atoms with Crippen LogP contribution in [0, 0.1) is 5.92 Å². The van der Waals surface area contributed by atoms with E-state index >= 15 is 0 Å². The van der Waals surface area contributed by atoms with E-state index < -0.39 is 6.09 Å². The number of hydrogen-bond donors (Lipinski definition) is 1. The average molecular weight is 271 g/mol. The molecule has 1 aromatic carbocycles. The molecule has 1 amide bonds. The number of allylic oxidation sites excluding steroid dienone is 1. The van der Waals surface area contributed by atoms with Crippen LogP contribution in [0.1, 0.15) is 18.9 Å². The van der Waals surface area contributed by atoms with Crippen LogP contribution >= 0.6 is 0 Å². The number of rotatable bonds is 1. The van der Waals surface area contributed by atoms with Crippen molar-refractivity contribution in [3.05, 3.63) is 36.0 Å². The van der Waals surface area contributed by atoms with Crippen molar-refractivity contribution in [2.45, 2.75) is 13.3 Å². The number of fused-ring (bicyclic) bond motifs is 1. The van der Waals surface area contributed by atoms with Crippen LogP contribution in [0.2, 0.25) is 0 Å². The Balaban J connectivity index is 2.05. The average Bonchev–Trinajstić information content (AvgIpc) is 2.77. The van der Waals surface area contributed by atoms with E-state index in [2.05, 4.69) is 12.0 Å². The second kappa shape index (κ2) is 4.67. The summed E-state index contributed by atoms with van der Waals surface area (Å²) in [5.41, 5.74) is 2.63. The van der Waals surface area contributed by atoms with Crippen molar-refractivity contribution < 1.29 is 9.90 Å². The molecule has 0 bridgehead atoms. The molecule has 0 saturated heterocycles. The Labute approximate surface area is 117 Å². The molecule has 104 valence electrons. The van der Waals surface area contributed by atoms with Crippen LogP contribution in [0.4, 0.5) is 4.79 Å². The lowest BCUT2D eigenvalue weighted by molar-refractivity contribution is 0.159. The first kappa shape index (κ1) is 12.7. The van der Waals surface area contributed by atoms with E-state index in [0.717, 1.165) is 28.6 Å². The minimum absolute atomic E-state index is 0.358. The lowest BCUT2D eigenvalue weighted by atomic mass is 9.98. The maximum absolute atomic E-state index is 11.4. The zero-order valence-corrected chi connectivity index (χ0v) is 11.6. The van der Waals surface area contributed by atoms with Crippen molar-refractivity contribution in [1.29, 1.82) is 0 Å². The third kappa shape index (κ3) is 2.15. The van der Waals surface area contributed by atoms with Gasteiger partial charge in [-0.05, 0) is 30.0 Å². The number of amides is 1. The van der Waals surface area contributed by atoms with Crippen LogP contribution in [-0.2, 0) is 7.05 Å². The van der Waals surface area contributed by atoms with Gasteiger partial charge in [0.25, 0.3) is 0 Å². The molecule has 1 aliphatic heterocycles. The van der Waals surface area contributed by atoms with Crippen LogP contribution in [0.3, 0.4) is 0 Å². The third-order valence-corrected chi connectivity index (χ3v) is 3.64. The van der Waals surface area contributed by atoms with Crippen molar-refractivity contribution >= 4 is 22.7 Å². The summed E-state index contributed by atoms with van der Waals surface area (Å²) in [5.74, 6) is 0.358. The van der Waals surface area contributed by atoms with Gasteiger partial charge in [0.1, 0.15) is 0 Å². The van der Waals surface area contributed by atoms with Gasteiger partial charge in [-0.1, -0.05) is 19.1 Å². The number of benzene rings is 1. The summed E-state index contributed by atoms with van der Waals surface area (Å²) in [6.07, 6.45) is 3.97. The number of nitrogens with zero attached hydrogens (tertiary/aromatic N) is 3. The van der Waals surface area contributed by atoms with Gasteiger partial charge in [-0.2, -0.15) is 5.10 Å².